The Kier molecular flexibility index (Phi) is 11.4. The fourth-order valence-corrected chi connectivity index (χ4v) is 8.01. The zero-order valence-electron chi connectivity index (χ0n) is 28.2. The van der Waals surface area contributed by atoms with Crippen LogP contribution in [0.25, 0.3) is 17.2 Å². The number of ether oxygens (including phenoxy) is 1. The number of thioether (sulfide) groups is 1. The van der Waals surface area contributed by atoms with Crippen LogP contribution >= 0.6 is 23.1 Å². The highest BCUT2D eigenvalue weighted by Crippen LogP contribution is 2.39. The smallest absolute Gasteiger partial charge is 0.341 e. The molecule has 0 fully saturated rings. The number of rotatable bonds is 11. The Morgan fingerprint density at radius 3 is 2.22 bits per heavy atom. The van der Waals surface area contributed by atoms with Gasteiger partial charge in [-0.05, 0) is 91.3 Å². The molecule has 0 spiro atoms. The van der Waals surface area contributed by atoms with Gasteiger partial charge in [0.1, 0.15) is 10.7 Å². The molecule has 10 heteroatoms. The van der Waals surface area contributed by atoms with Gasteiger partial charge in [0.2, 0.25) is 5.91 Å². The Morgan fingerprint density at radius 1 is 0.804 bits per heavy atom. The number of amides is 3. The van der Waals surface area contributed by atoms with Crippen LogP contribution in [0.4, 0.5) is 10.7 Å². The molecule has 1 aliphatic rings. The number of hydrogen-bond donors (Lipinski definition) is 3. The van der Waals surface area contributed by atoms with Crippen molar-refractivity contribution in [3.63, 3.8) is 0 Å². The number of carbonyl (C=O) groups is 4. The molecule has 1 aliphatic carbocycles. The van der Waals surface area contributed by atoms with Crippen molar-refractivity contribution in [3.05, 3.63) is 142 Å². The van der Waals surface area contributed by atoms with Crippen LogP contribution in [0.2, 0.25) is 0 Å². The first kappa shape index (κ1) is 35.4. The number of nitrogens with one attached hydrogen (secondary N) is 3. The first-order valence-electron chi connectivity index (χ1n) is 16.6. The van der Waals surface area contributed by atoms with Crippen LogP contribution in [0.15, 0.2) is 120 Å². The molecule has 1 aromatic heterocycles. The molecular weight excluding hydrogens is 679 g/mol. The average molecular weight is 716 g/mol. The maximum absolute atomic E-state index is 13.7. The van der Waals surface area contributed by atoms with Crippen molar-refractivity contribution in [2.45, 2.75) is 42.8 Å². The van der Waals surface area contributed by atoms with Crippen molar-refractivity contribution in [3.8, 4) is 11.1 Å². The highest BCUT2D eigenvalue weighted by Gasteiger charge is 2.28. The van der Waals surface area contributed by atoms with E-state index in [9.17, 15) is 19.2 Å². The summed E-state index contributed by atoms with van der Waals surface area (Å²) < 4.78 is 5.05. The van der Waals surface area contributed by atoms with Gasteiger partial charge in [-0.2, -0.15) is 0 Å². The summed E-state index contributed by atoms with van der Waals surface area (Å²) in [5.74, 6) is -1.60. The summed E-state index contributed by atoms with van der Waals surface area (Å²) in [6.07, 6.45) is 5.37. The first-order chi connectivity index (χ1) is 24.8. The summed E-state index contributed by atoms with van der Waals surface area (Å²) in [4.78, 5) is 54.7. The van der Waals surface area contributed by atoms with E-state index in [1.165, 1.54) is 30.2 Å². The summed E-state index contributed by atoms with van der Waals surface area (Å²) in [6.45, 7) is 1.79. The van der Waals surface area contributed by atoms with Crippen molar-refractivity contribution in [2.24, 2.45) is 0 Å². The summed E-state index contributed by atoms with van der Waals surface area (Å²) in [7, 11) is 1.35. The van der Waals surface area contributed by atoms with Gasteiger partial charge in [0.05, 0.1) is 17.9 Å². The third kappa shape index (κ3) is 8.83. The average Bonchev–Trinajstić information content (AvgIpc) is 3.53. The van der Waals surface area contributed by atoms with Crippen molar-refractivity contribution in [1.82, 2.24) is 5.32 Å². The standard InChI is InChI=1S/C41H37N3O5S2/c1-26(37(45)44-40-36(41(48)49-2)33-18-9-10-19-35(33)51-40)50-32-17-11-16-31(25-32)42-39(47)34(43-38(46)30-14-7-4-8-15-30)24-27-20-22-29(23-21-27)28-12-5-3-6-13-28/h3-8,11-17,20-26H,9-10,18-19H2,1-2H3,(H,42,47)(H,43,46)(H,44,45)/b34-24+. The quantitative estimate of drug-likeness (QED) is 0.0717. The van der Waals surface area contributed by atoms with Crippen molar-refractivity contribution >= 4 is 63.6 Å². The van der Waals surface area contributed by atoms with Crippen molar-refractivity contribution in [2.75, 3.05) is 17.7 Å². The van der Waals surface area contributed by atoms with Crippen LogP contribution in [-0.4, -0.2) is 36.1 Å². The van der Waals surface area contributed by atoms with E-state index in [2.05, 4.69) is 16.0 Å². The number of fused-ring (bicyclic) bond motifs is 1. The maximum Gasteiger partial charge on any atom is 0.341 e. The minimum atomic E-state index is -0.514. The molecular formula is C41H37N3O5S2. The van der Waals surface area contributed by atoms with E-state index in [1.54, 1.807) is 55.5 Å². The second-order valence-electron chi connectivity index (χ2n) is 12.0. The normalized spacial score (nSPS) is 13.0. The van der Waals surface area contributed by atoms with Gasteiger partial charge < -0.3 is 20.7 Å². The maximum atomic E-state index is 13.7. The summed E-state index contributed by atoms with van der Waals surface area (Å²) >= 11 is 2.77. The molecule has 0 bridgehead atoms. The second kappa shape index (κ2) is 16.5. The number of aryl methyl sites for hydroxylation is 1. The third-order valence-electron chi connectivity index (χ3n) is 8.43. The Balaban J connectivity index is 1.17. The molecule has 4 aromatic carbocycles. The molecule has 5 aromatic rings. The van der Waals surface area contributed by atoms with Crippen LogP contribution < -0.4 is 16.0 Å². The SMILES string of the molecule is COC(=O)c1c(NC(=O)C(C)Sc2cccc(NC(=O)/C(=C\c3ccc(-c4ccccc4)cc3)NC(=O)c3ccccc3)c2)sc2c1CCCC2. The fourth-order valence-electron chi connectivity index (χ4n) is 5.80. The number of anilines is 2. The van der Waals surface area contributed by atoms with Gasteiger partial charge in [0.25, 0.3) is 11.8 Å². The van der Waals surface area contributed by atoms with E-state index in [1.807, 2.05) is 66.7 Å². The Morgan fingerprint density at radius 2 is 1.49 bits per heavy atom. The van der Waals surface area contributed by atoms with Crippen molar-refractivity contribution < 1.29 is 23.9 Å². The fraction of sp³-hybridized carbons (Fsp3) is 0.171. The summed E-state index contributed by atoms with van der Waals surface area (Å²) in [5, 5.41) is 8.68. The van der Waals surface area contributed by atoms with Crippen LogP contribution in [0.5, 0.6) is 0 Å². The molecule has 0 saturated heterocycles. The van der Waals surface area contributed by atoms with Gasteiger partial charge in [-0.15, -0.1) is 23.1 Å². The first-order valence-corrected chi connectivity index (χ1v) is 18.3. The molecule has 6 rings (SSSR count). The number of methoxy groups -OCH3 is 1. The zero-order chi connectivity index (χ0) is 35.7. The Hall–Kier alpha value is -5.45. The monoisotopic (exact) mass is 715 g/mol. The van der Waals surface area contributed by atoms with E-state index in [0.29, 0.717) is 21.8 Å². The molecule has 3 amide bonds. The van der Waals surface area contributed by atoms with E-state index >= 15 is 0 Å². The molecule has 1 unspecified atom stereocenters. The minimum absolute atomic E-state index is 0.0715. The Bertz CT molecular complexity index is 2080. The summed E-state index contributed by atoms with van der Waals surface area (Å²) in [5.41, 5.74) is 5.27. The van der Waals surface area contributed by atoms with Crippen molar-refractivity contribution in [1.29, 1.82) is 0 Å². The van der Waals surface area contributed by atoms with Crippen LogP contribution in [-0.2, 0) is 27.2 Å². The lowest BCUT2D eigenvalue weighted by atomic mass is 9.95. The van der Waals surface area contributed by atoms with Crippen LogP contribution in [0, 0.1) is 0 Å². The molecule has 1 heterocycles. The second-order valence-corrected chi connectivity index (χ2v) is 14.5. The highest BCUT2D eigenvalue weighted by molar-refractivity contribution is 8.00. The third-order valence-corrected chi connectivity index (χ3v) is 10.7. The van der Waals surface area contributed by atoms with Crippen LogP contribution in [0.1, 0.15) is 56.5 Å². The van der Waals surface area contributed by atoms with Gasteiger partial charge in [-0.1, -0.05) is 78.9 Å². The van der Waals surface area contributed by atoms with Gasteiger partial charge in [0, 0.05) is 21.0 Å². The lowest BCUT2D eigenvalue weighted by Crippen LogP contribution is -2.30. The lowest BCUT2D eigenvalue weighted by molar-refractivity contribution is -0.115. The predicted octanol–water partition coefficient (Wildman–Crippen LogP) is 8.61. The van der Waals surface area contributed by atoms with E-state index in [0.717, 1.165) is 57.7 Å². The van der Waals surface area contributed by atoms with E-state index in [-0.39, 0.29) is 11.6 Å². The number of benzene rings is 4. The molecule has 3 N–H and O–H groups in total. The van der Waals surface area contributed by atoms with Gasteiger partial charge in [0.15, 0.2) is 0 Å². The molecule has 1 atom stereocenters. The van der Waals surface area contributed by atoms with E-state index in [4.69, 9.17) is 4.74 Å². The minimum Gasteiger partial charge on any atom is -0.465 e. The number of esters is 1. The summed E-state index contributed by atoms with van der Waals surface area (Å²) in [6, 6.07) is 33.6. The number of hydrogen-bond acceptors (Lipinski definition) is 7. The lowest BCUT2D eigenvalue weighted by Gasteiger charge is -2.14. The van der Waals surface area contributed by atoms with Gasteiger partial charge in [-0.25, -0.2) is 4.79 Å². The van der Waals surface area contributed by atoms with Gasteiger partial charge >= 0.3 is 5.97 Å². The molecule has 51 heavy (non-hydrogen) atoms. The molecule has 0 aliphatic heterocycles. The highest BCUT2D eigenvalue weighted by atomic mass is 32.2. The largest absolute Gasteiger partial charge is 0.465 e. The number of carbonyl (C=O) groups excluding carboxylic acids is 4. The van der Waals surface area contributed by atoms with E-state index < -0.39 is 23.0 Å². The van der Waals surface area contributed by atoms with Crippen LogP contribution in [0.3, 0.4) is 0 Å². The zero-order valence-corrected chi connectivity index (χ0v) is 29.9. The topological polar surface area (TPSA) is 114 Å². The number of thiophene rings is 1. The molecule has 0 saturated carbocycles. The molecule has 8 nitrogen and oxygen atoms in total. The van der Waals surface area contributed by atoms with Gasteiger partial charge in [-0.3, -0.25) is 14.4 Å². The molecule has 0 radical (unpaired) electrons. The molecule has 258 valence electrons. The predicted molar refractivity (Wildman–Crippen MR) is 205 cm³/mol. The Labute approximate surface area is 305 Å².